The zero-order chi connectivity index (χ0) is 19.5. The lowest BCUT2D eigenvalue weighted by atomic mass is 9.90. The van der Waals surface area contributed by atoms with Crippen molar-refractivity contribution in [2.24, 2.45) is 0 Å². The molecule has 3 heterocycles. The predicted molar refractivity (Wildman–Crippen MR) is 102 cm³/mol. The average Bonchev–Trinajstić information content (AvgIpc) is 2.88. The molecular formula is C18H27F3N4S. The number of anilines is 1. The summed E-state index contributed by atoms with van der Waals surface area (Å²) in [7, 11) is 2.09. The Labute approximate surface area is 157 Å². The van der Waals surface area contributed by atoms with Gasteiger partial charge >= 0.3 is 5.51 Å². The molecule has 1 aliphatic rings. The fourth-order valence-corrected chi connectivity index (χ4v) is 3.76. The number of nitrogens with zero attached hydrogens (tertiary/aromatic N) is 3. The van der Waals surface area contributed by atoms with Gasteiger partial charge in [0.05, 0.1) is 10.5 Å². The van der Waals surface area contributed by atoms with Gasteiger partial charge in [-0.05, 0) is 45.4 Å². The van der Waals surface area contributed by atoms with E-state index in [1.54, 1.807) is 29.8 Å². The SMILES string of the molecule is CC.Cc1cc2c(NC3(C)CCN(C)CC3)nccn2c1SC(F)(F)F. The van der Waals surface area contributed by atoms with Crippen molar-refractivity contribution >= 4 is 23.1 Å². The van der Waals surface area contributed by atoms with Crippen LogP contribution in [0.2, 0.25) is 0 Å². The number of nitrogens with one attached hydrogen (secondary N) is 1. The lowest BCUT2D eigenvalue weighted by Gasteiger charge is -2.39. The predicted octanol–water partition coefficient (Wildman–Crippen LogP) is 5.18. The van der Waals surface area contributed by atoms with Crippen LogP contribution >= 0.6 is 11.8 Å². The van der Waals surface area contributed by atoms with Crippen LogP contribution < -0.4 is 5.32 Å². The third-order valence-corrected chi connectivity index (χ3v) is 5.50. The van der Waals surface area contributed by atoms with E-state index in [1.165, 1.54) is 0 Å². The molecule has 0 saturated carbocycles. The molecule has 8 heteroatoms. The van der Waals surface area contributed by atoms with Crippen molar-refractivity contribution in [3.05, 3.63) is 24.0 Å². The number of thioether (sulfide) groups is 1. The number of aryl methyl sites for hydroxylation is 1. The maximum absolute atomic E-state index is 12.8. The van der Waals surface area contributed by atoms with Gasteiger partial charge in [0.15, 0.2) is 5.82 Å². The number of piperidine rings is 1. The highest BCUT2D eigenvalue weighted by Crippen LogP contribution is 2.40. The maximum atomic E-state index is 12.8. The van der Waals surface area contributed by atoms with E-state index in [2.05, 4.69) is 29.2 Å². The summed E-state index contributed by atoms with van der Waals surface area (Å²) in [5, 5.41) is 3.67. The molecule has 26 heavy (non-hydrogen) atoms. The Morgan fingerprint density at radius 1 is 1.23 bits per heavy atom. The molecule has 4 nitrogen and oxygen atoms in total. The second-order valence-corrected chi connectivity index (χ2v) is 7.75. The number of alkyl halides is 3. The van der Waals surface area contributed by atoms with Gasteiger partial charge in [0, 0.05) is 42.8 Å². The standard InChI is InChI=1S/C16H21F3N4S.C2H6/c1-11-10-12-13(21-15(2)4-7-22(3)8-5-15)20-6-9-23(12)14(11)24-16(17,18)19;1-2/h6,9-10H,4-5,7-8H2,1-3H3,(H,20,21);1-2H3. The van der Waals surface area contributed by atoms with Gasteiger partial charge in [0.25, 0.3) is 0 Å². The third-order valence-electron chi connectivity index (χ3n) is 4.55. The summed E-state index contributed by atoms with van der Waals surface area (Å²) in [5.74, 6) is 0.640. The van der Waals surface area contributed by atoms with Gasteiger partial charge in [0.1, 0.15) is 0 Å². The zero-order valence-corrected chi connectivity index (χ0v) is 16.8. The summed E-state index contributed by atoms with van der Waals surface area (Å²) in [4.78, 5) is 6.65. The number of rotatable bonds is 3. The van der Waals surface area contributed by atoms with E-state index in [0.29, 0.717) is 16.9 Å². The molecule has 0 spiro atoms. The molecule has 0 atom stereocenters. The third kappa shape index (κ3) is 4.85. The highest BCUT2D eigenvalue weighted by Gasteiger charge is 2.33. The van der Waals surface area contributed by atoms with Crippen LogP contribution in [0, 0.1) is 6.92 Å². The van der Waals surface area contributed by atoms with Crippen molar-refractivity contribution in [1.29, 1.82) is 0 Å². The Bertz CT molecular complexity index is 734. The topological polar surface area (TPSA) is 32.6 Å². The van der Waals surface area contributed by atoms with Crippen LogP contribution in [0.4, 0.5) is 19.0 Å². The molecule has 0 aromatic carbocycles. The molecule has 1 aliphatic heterocycles. The minimum Gasteiger partial charge on any atom is -0.363 e. The smallest absolute Gasteiger partial charge is 0.363 e. The normalized spacial score (nSPS) is 17.7. The second-order valence-electron chi connectivity index (χ2n) is 6.70. The van der Waals surface area contributed by atoms with Crippen LogP contribution in [0.25, 0.3) is 5.52 Å². The van der Waals surface area contributed by atoms with E-state index in [9.17, 15) is 13.2 Å². The molecule has 2 aromatic heterocycles. The van der Waals surface area contributed by atoms with E-state index in [-0.39, 0.29) is 22.3 Å². The summed E-state index contributed by atoms with van der Waals surface area (Å²) in [6.07, 6.45) is 5.07. The first-order valence-corrected chi connectivity index (χ1v) is 9.68. The van der Waals surface area contributed by atoms with E-state index in [4.69, 9.17) is 0 Å². The number of hydrogen-bond acceptors (Lipinski definition) is 4. The molecule has 146 valence electrons. The number of likely N-dealkylation sites (tertiary alicyclic amines) is 1. The minimum atomic E-state index is -4.31. The van der Waals surface area contributed by atoms with Gasteiger partial charge in [-0.2, -0.15) is 13.2 Å². The number of aromatic nitrogens is 2. The fraction of sp³-hybridized carbons (Fsp3) is 0.611. The first-order chi connectivity index (χ1) is 12.2. The maximum Gasteiger partial charge on any atom is 0.447 e. The highest BCUT2D eigenvalue weighted by molar-refractivity contribution is 8.00. The van der Waals surface area contributed by atoms with Crippen molar-refractivity contribution in [3.8, 4) is 0 Å². The van der Waals surface area contributed by atoms with Gasteiger partial charge < -0.3 is 14.6 Å². The lowest BCUT2D eigenvalue weighted by molar-refractivity contribution is -0.0330. The highest BCUT2D eigenvalue weighted by atomic mass is 32.2. The van der Waals surface area contributed by atoms with Crippen LogP contribution in [0.15, 0.2) is 23.5 Å². The molecule has 0 radical (unpaired) electrons. The molecular weight excluding hydrogens is 361 g/mol. The molecule has 1 saturated heterocycles. The Morgan fingerprint density at radius 3 is 2.42 bits per heavy atom. The van der Waals surface area contributed by atoms with E-state index in [1.807, 2.05) is 13.8 Å². The lowest BCUT2D eigenvalue weighted by Crippen LogP contribution is -2.46. The zero-order valence-electron chi connectivity index (χ0n) is 15.9. The van der Waals surface area contributed by atoms with Crippen molar-refractivity contribution in [2.75, 3.05) is 25.5 Å². The number of fused-ring (bicyclic) bond motifs is 1. The Kier molecular flexibility index (Phi) is 6.50. The Morgan fingerprint density at radius 2 is 1.85 bits per heavy atom. The van der Waals surface area contributed by atoms with Gasteiger partial charge in [0.2, 0.25) is 0 Å². The van der Waals surface area contributed by atoms with Crippen LogP contribution in [-0.4, -0.2) is 45.5 Å². The molecule has 0 amide bonds. The van der Waals surface area contributed by atoms with Crippen molar-refractivity contribution in [1.82, 2.24) is 14.3 Å². The number of halogens is 3. The molecule has 3 rings (SSSR count). The quantitative estimate of drug-likeness (QED) is 0.735. The molecule has 0 aliphatic carbocycles. The van der Waals surface area contributed by atoms with Crippen LogP contribution in [0.5, 0.6) is 0 Å². The van der Waals surface area contributed by atoms with E-state index >= 15 is 0 Å². The molecule has 1 fully saturated rings. The van der Waals surface area contributed by atoms with Gasteiger partial charge in [-0.25, -0.2) is 4.98 Å². The Hall–Kier alpha value is -1.41. The van der Waals surface area contributed by atoms with Crippen LogP contribution in [0.3, 0.4) is 0 Å². The molecule has 1 N–H and O–H groups in total. The summed E-state index contributed by atoms with van der Waals surface area (Å²) in [6.45, 7) is 9.82. The van der Waals surface area contributed by atoms with Crippen molar-refractivity contribution < 1.29 is 13.2 Å². The first kappa shape index (κ1) is 20.9. The Balaban J connectivity index is 0.00000117. The monoisotopic (exact) mass is 388 g/mol. The molecule has 0 bridgehead atoms. The van der Waals surface area contributed by atoms with Crippen LogP contribution in [-0.2, 0) is 0 Å². The van der Waals surface area contributed by atoms with E-state index in [0.717, 1.165) is 25.9 Å². The summed E-state index contributed by atoms with van der Waals surface area (Å²) in [5.41, 5.74) is -3.13. The summed E-state index contributed by atoms with van der Waals surface area (Å²) < 4.78 is 40.0. The average molecular weight is 389 g/mol. The van der Waals surface area contributed by atoms with E-state index < -0.39 is 5.51 Å². The summed E-state index contributed by atoms with van der Waals surface area (Å²) >= 11 is -0.0816. The largest absolute Gasteiger partial charge is 0.447 e. The molecule has 2 aromatic rings. The number of hydrogen-bond donors (Lipinski definition) is 1. The first-order valence-electron chi connectivity index (χ1n) is 8.86. The van der Waals surface area contributed by atoms with Crippen molar-refractivity contribution in [3.63, 3.8) is 0 Å². The second kappa shape index (κ2) is 8.08. The van der Waals surface area contributed by atoms with Gasteiger partial charge in [-0.15, -0.1) is 0 Å². The van der Waals surface area contributed by atoms with Crippen LogP contribution in [0.1, 0.15) is 39.2 Å². The van der Waals surface area contributed by atoms with Gasteiger partial charge in [-0.1, -0.05) is 13.8 Å². The molecule has 0 unspecified atom stereocenters. The fourth-order valence-electron chi connectivity index (χ4n) is 3.07. The minimum absolute atomic E-state index is 0.0816. The van der Waals surface area contributed by atoms with Crippen molar-refractivity contribution in [2.45, 2.75) is 56.6 Å². The summed E-state index contributed by atoms with van der Waals surface area (Å²) in [6, 6.07) is 1.77. The van der Waals surface area contributed by atoms with Gasteiger partial charge in [-0.3, -0.25) is 0 Å².